The van der Waals surface area contributed by atoms with Crippen molar-refractivity contribution >= 4 is 5.78 Å². The molecule has 0 saturated carbocycles. The van der Waals surface area contributed by atoms with Crippen LogP contribution in [0.5, 0.6) is 0 Å². The van der Waals surface area contributed by atoms with Gasteiger partial charge in [-0.25, -0.2) is 0 Å². The van der Waals surface area contributed by atoms with Gasteiger partial charge in [-0.1, -0.05) is 0 Å². The molecule has 5 nitrogen and oxygen atoms in total. The van der Waals surface area contributed by atoms with Crippen molar-refractivity contribution in [1.82, 2.24) is 14.7 Å². The Labute approximate surface area is 113 Å². The van der Waals surface area contributed by atoms with Gasteiger partial charge in [0, 0.05) is 57.4 Å². The predicted octanol–water partition coefficient (Wildman–Crippen LogP) is 1.40. The molecule has 19 heavy (non-hydrogen) atoms. The average Bonchev–Trinajstić information content (AvgIpc) is 2.91. The number of rotatable bonds is 3. The number of hydrogen-bond donors (Lipinski definition) is 0. The molecule has 0 amide bonds. The number of ketones is 1. The Morgan fingerprint density at radius 2 is 2.00 bits per heavy atom. The maximum atomic E-state index is 11.2. The highest BCUT2D eigenvalue weighted by molar-refractivity contribution is 5.79. The molecule has 0 aliphatic carbocycles. The Balaban J connectivity index is 1.57. The van der Waals surface area contributed by atoms with Crippen molar-refractivity contribution in [2.75, 3.05) is 26.3 Å². The summed E-state index contributed by atoms with van der Waals surface area (Å²) >= 11 is 0. The molecule has 0 unspecified atom stereocenters. The highest BCUT2D eigenvalue weighted by atomic mass is 16.5. The van der Waals surface area contributed by atoms with Crippen LogP contribution in [0.4, 0.5) is 0 Å². The van der Waals surface area contributed by atoms with Crippen molar-refractivity contribution < 1.29 is 9.53 Å². The van der Waals surface area contributed by atoms with Crippen molar-refractivity contribution in [3.8, 4) is 0 Å². The number of nitrogens with zero attached hydrogens (tertiary/aromatic N) is 3. The summed E-state index contributed by atoms with van der Waals surface area (Å²) in [6.45, 7) is 4.38. The van der Waals surface area contributed by atoms with E-state index < -0.39 is 0 Å². The van der Waals surface area contributed by atoms with Gasteiger partial charge in [0.1, 0.15) is 5.78 Å². The minimum Gasteiger partial charge on any atom is -0.381 e. The average molecular weight is 263 g/mol. The topological polar surface area (TPSA) is 47.4 Å². The third-order valence-corrected chi connectivity index (χ3v) is 4.04. The zero-order valence-corrected chi connectivity index (χ0v) is 11.3. The summed E-state index contributed by atoms with van der Waals surface area (Å²) in [5, 5.41) is 4.49. The van der Waals surface area contributed by atoms with Crippen LogP contribution in [0.15, 0.2) is 12.4 Å². The lowest BCUT2D eigenvalue weighted by molar-refractivity contribution is -0.121. The molecule has 0 radical (unpaired) electrons. The molecule has 3 heterocycles. The maximum Gasteiger partial charge on any atom is 0.135 e. The van der Waals surface area contributed by atoms with E-state index in [-0.39, 0.29) is 0 Å². The first kappa shape index (κ1) is 12.8. The number of carbonyl (C=O) groups excluding carboxylic acids is 1. The van der Waals surface area contributed by atoms with E-state index >= 15 is 0 Å². The van der Waals surface area contributed by atoms with E-state index in [1.54, 1.807) is 0 Å². The molecule has 5 heteroatoms. The monoisotopic (exact) mass is 263 g/mol. The van der Waals surface area contributed by atoms with Gasteiger partial charge in [-0.2, -0.15) is 5.10 Å². The second-order valence-electron chi connectivity index (χ2n) is 5.49. The maximum absolute atomic E-state index is 11.2. The summed E-state index contributed by atoms with van der Waals surface area (Å²) in [4.78, 5) is 13.6. The summed E-state index contributed by atoms with van der Waals surface area (Å²) in [6, 6.07) is 0.491. The number of piperidine rings is 1. The van der Waals surface area contributed by atoms with E-state index in [0.717, 1.165) is 45.7 Å². The fraction of sp³-hybridized carbons (Fsp3) is 0.714. The number of ether oxygens (including phenoxy) is 1. The first-order chi connectivity index (χ1) is 9.31. The molecular weight excluding hydrogens is 242 g/mol. The summed E-state index contributed by atoms with van der Waals surface area (Å²) in [6.07, 6.45) is 7.64. The Bertz CT molecular complexity index is 428. The van der Waals surface area contributed by atoms with Gasteiger partial charge in [0.25, 0.3) is 0 Å². The van der Waals surface area contributed by atoms with E-state index in [0.29, 0.717) is 24.7 Å². The van der Waals surface area contributed by atoms with Gasteiger partial charge < -0.3 is 4.74 Å². The largest absolute Gasteiger partial charge is 0.381 e. The summed E-state index contributed by atoms with van der Waals surface area (Å²) in [5.74, 6) is 0.397. The van der Waals surface area contributed by atoms with Gasteiger partial charge >= 0.3 is 0 Å². The molecule has 1 aromatic rings. The first-order valence-electron chi connectivity index (χ1n) is 7.16. The van der Waals surface area contributed by atoms with Gasteiger partial charge in [-0.3, -0.25) is 14.4 Å². The molecule has 0 atom stereocenters. The number of aromatic nitrogens is 2. The SMILES string of the molecule is O=C1CCN(Cc2cnn(C3CCOCC3)c2)CC1. The molecule has 2 saturated heterocycles. The second-order valence-corrected chi connectivity index (χ2v) is 5.49. The summed E-state index contributed by atoms with van der Waals surface area (Å²) in [7, 11) is 0. The zero-order chi connectivity index (χ0) is 13.1. The molecule has 2 aliphatic heterocycles. The Morgan fingerprint density at radius 3 is 2.74 bits per heavy atom. The third-order valence-electron chi connectivity index (χ3n) is 4.04. The lowest BCUT2D eigenvalue weighted by atomic mass is 10.1. The first-order valence-corrected chi connectivity index (χ1v) is 7.16. The van der Waals surface area contributed by atoms with E-state index in [1.807, 2.05) is 6.20 Å². The Kier molecular flexibility index (Phi) is 3.94. The van der Waals surface area contributed by atoms with Gasteiger partial charge in [0.05, 0.1) is 12.2 Å². The van der Waals surface area contributed by atoms with E-state index in [2.05, 4.69) is 20.9 Å². The van der Waals surface area contributed by atoms with Crippen molar-refractivity contribution in [2.45, 2.75) is 38.3 Å². The van der Waals surface area contributed by atoms with Crippen LogP contribution in [-0.4, -0.2) is 46.8 Å². The van der Waals surface area contributed by atoms with Crippen LogP contribution in [0, 0.1) is 0 Å². The number of likely N-dealkylation sites (tertiary alicyclic amines) is 1. The normalized spacial score (nSPS) is 22.8. The predicted molar refractivity (Wildman–Crippen MR) is 70.8 cm³/mol. The van der Waals surface area contributed by atoms with Gasteiger partial charge in [0.2, 0.25) is 0 Å². The molecule has 104 valence electrons. The fourth-order valence-electron chi connectivity index (χ4n) is 2.83. The van der Waals surface area contributed by atoms with Crippen LogP contribution in [0.25, 0.3) is 0 Å². The molecule has 2 fully saturated rings. The molecule has 0 spiro atoms. The van der Waals surface area contributed by atoms with Crippen molar-refractivity contribution in [3.05, 3.63) is 18.0 Å². The molecule has 3 rings (SSSR count). The highest BCUT2D eigenvalue weighted by Crippen LogP contribution is 2.20. The van der Waals surface area contributed by atoms with Gasteiger partial charge in [0.15, 0.2) is 0 Å². The van der Waals surface area contributed by atoms with Gasteiger partial charge in [-0.15, -0.1) is 0 Å². The summed E-state index contributed by atoms with van der Waals surface area (Å²) < 4.78 is 7.47. The minimum atomic E-state index is 0.397. The minimum absolute atomic E-state index is 0.397. The molecule has 0 aromatic carbocycles. The Morgan fingerprint density at radius 1 is 1.26 bits per heavy atom. The lowest BCUT2D eigenvalue weighted by Crippen LogP contribution is -2.33. The smallest absolute Gasteiger partial charge is 0.135 e. The van der Waals surface area contributed by atoms with Crippen LogP contribution in [0.1, 0.15) is 37.3 Å². The van der Waals surface area contributed by atoms with Crippen LogP contribution < -0.4 is 0 Å². The molecule has 0 N–H and O–H groups in total. The molecule has 2 aliphatic rings. The van der Waals surface area contributed by atoms with Crippen LogP contribution in [-0.2, 0) is 16.1 Å². The van der Waals surface area contributed by atoms with Crippen molar-refractivity contribution in [2.24, 2.45) is 0 Å². The quantitative estimate of drug-likeness (QED) is 0.827. The molecular formula is C14H21N3O2. The zero-order valence-electron chi connectivity index (χ0n) is 11.3. The molecule has 1 aromatic heterocycles. The lowest BCUT2D eigenvalue weighted by Gasteiger charge is -2.25. The third kappa shape index (κ3) is 3.22. The number of hydrogen-bond acceptors (Lipinski definition) is 4. The number of carbonyl (C=O) groups is 1. The second kappa shape index (κ2) is 5.84. The van der Waals surface area contributed by atoms with Crippen LogP contribution in [0.2, 0.25) is 0 Å². The van der Waals surface area contributed by atoms with Crippen molar-refractivity contribution in [1.29, 1.82) is 0 Å². The molecule has 0 bridgehead atoms. The van der Waals surface area contributed by atoms with E-state index in [4.69, 9.17) is 4.74 Å². The van der Waals surface area contributed by atoms with Crippen LogP contribution >= 0.6 is 0 Å². The number of Topliss-reactive ketones (excluding diaryl/α,β-unsaturated/α-hetero) is 1. The Hall–Kier alpha value is -1.20. The van der Waals surface area contributed by atoms with E-state index in [1.165, 1.54) is 5.56 Å². The van der Waals surface area contributed by atoms with Gasteiger partial charge in [-0.05, 0) is 12.8 Å². The summed E-state index contributed by atoms with van der Waals surface area (Å²) in [5.41, 5.74) is 1.25. The highest BCUT2D eigenvalue weighted by Gasteiger charge is 2.19. The van der Waals surface area contributed by atoms with E-state index in [9.17, 15) is 4.79 Å². The fourth-order valence-corrected chi connectivity index (χ4v) is 2.83. The van der Waals surface area contributed by atoms with Crippen molar-refractivity contribution in [3.63, 3.8) is 0 Å². The van der Waals surface area contributed by atoms with Crippen LogP contribution in [0.3, 0.4) is 0 Å². The standard InChI is InChI=1S/C14H21N3O2/c18-14-1-5-16(6-2-14)10-12-9-15-17(11-12)13-3-7-19-8-4-13/h9,11,13H,1-8,10H2.